The fraction of sp³-hybridized carbons (Fsp3) is 0.250. The average Bonchev–Trinajstić information content (AvgIpc) is 2.66. The molecule has 2 rings (SSSR count). The van der Waals surface area contributed by atoms with E-state index >= 15 is 0 Å². The van der Waals surface area contributed by atoms with Gasteiger partial charge in [-0.15, -0.1) is 11.8 Å². The lowest BCUT2D eigenvalue weighted by Crippen LogP contribution is -2.31. The molecule has 0 saturated carbocycles. The largest absolute Gasteiger partial charge is 0.452 e. The molecule has 2 N–H and O–H groups in total. The second-order valence-electron chi connectivity index (χ2n) is 6.26. The van der Waals surface area contributed by atoms with Crippen LogP contribution in [0.15, 0.2) is 47.4 Å². The maximum absolute atomic E-state index is 13.6. The number of amides is 2. The molecule has 2 aromatic rings. The molecule has 9 heteroatoms. The molecule has 0 aliphatic heterocycles. The first-order valence-electron chi connectivity index (χ1n) is 8.69. The first-order chi connectivity index (χ1) is 13.8. The Morgan fingerprint density at radius 3 is 2.48 bits per heavy atom. The third-order valence-electron chi connectivity index (χ3n) is 3.45. The smallest absolute Gasteiger partial charge is 0.339 e. The number of hydrogen-bond acceptors (Lipinski definition) is 5. The first kappa shape index (κ1) is 22.4. The summed E-state index contributed by atoms with van der Waals surface area (Å²) >= 11 is 1.17. The summed E-state index contributed by atoms with van der Waals surface area (Å²) in [5.74, 6) is -3.30. The van der Waals surface area contributed by atoms with Crippen LogP contribution in [0.1, 0.15) is 24.2 Å². The number of rotatable bonds is 8. The van der Waals surface area contributed by atoms with Crippen molar-refractivity contribution < 1.29 is 27.9 Å². The van der Waals surface area contributed by atoms with Crippen molar-refractivity contribution in [3.63, 3.8) is 0 Å². The van der Waals surface area contributed by atoms with Crippen LogP contribution in [0.4, 0.5) is 14.5 Å². The maximum atomic E-state index is 13.6. The summed E-state index contributed by atoms with van der Waals surface area (Å²) in [6, 6.07) is 9.22. The Labute approximate surface area is 171 Å². The summed E-state index contributed by atoms with van der Waals surface area (Å²) in [6.45, 7) is 3.04. The highest BCUT2D eigenvalue weighted by Crippen LogP contribution is 2.23. The molecule has 0 bridgehead atoms. The SMILES string of the molecule is CC(C)NC(=O)CSc1ccccc1C(=O)OCC(=O)Nc1ccc(F)cc1F. The molecule has 0 saturated heterocycles. The van der Waals surface area contributed by atoms with Gasteiger partial charge in [0.15, 0.2) is 6.61 Å². The molecule has 0 atom stereocenters. The number of nitrogens with one attached hydrogen (secondary N) is 2. The van der Waals surface area contributed by atoms with E-state index in [1.54, 1.807) is 18.2 Å². The lowest BCUT2D eigenvalue weighted by Gasteiger charge is -2.11. The minimum Gasteiger partial charge on any atom is -0.452 e. The normalized spacial score (nSPS) is 10.5. The minimum absolute atomic E-state index is 0.00719. The van der Waals surface area contributed by atoms with Crippen molar-refractivity contribution >= 4 is 35.2 Å². The van der Waals surface area contributed by atoms with Gasteiger partial charge in [0.2, 0.25) is 5.91 Å². The number of ether oxygens (including phenoxy) is 1. The lowest BCUT2D eigenvalue weighted by atomic mass is 10.2. The van der Waals surface area contributed by atoms with Gasteiger partial charge in [-0.25, -0.2) is 13.6 Å². The van der Waals surface area contributed by atoms with Crippen LogP contribution >= 0.6 is 11.8 Å². The topological polar surface area (TPSA) is 84.5 Å². The fourth-order valence-corrected chi connectivity index (χ4v) is 3.11. The van der Waals surface area contributed by atoms with Crippen LogP contribution in [0.2, 0.25) is 0 Å². The third kappa shape index (κ3) is 7.19. The number of carbonyl (C=O) groups is 3. The predicted molar refractivity (Wildman–Crippen MR) is 106 cm³/mol. The van der Waals surface area contributed by atoms with Crippen LogP contribution in [0, 0.1) is 11.6 Å². The van der Waals surface area contributed by atoms with E-state index in [4.69, 9.17) is 4.74 Å². The Bertz CT molecular complexity index is 906. The van der Waals surface area contributed by atoms with E-state index in [0.29, 0.717) is 11.0 Å². The zero-order valence-electron chi connectivity index (χ0n) is 15.8. The monoisotopic (exact) mass is 422 g/mol. The average molecular weight is 422 g/mol. The Morgan fingerprint density at radius 2 is 1.79 bits per heavy atom. The van der Waals surface area contributed by atoms with E-state index < -0.39 is 30.1 Å². The molecule has 0 fully saturated rings. The van der Waals surface area contributed by atoms with E-state index in [1.807, 2.05) is 13.8 Å². The highest BCUT2D eigenvalue weighted by atomic mass is 32.2. The summed E-state index contributed by atoms with van der Waals surface area (Å²) in [5, 5.41) is 4.95. The van der Waals surface area contributed by atoms with Gasteiger partial charge in [0.1, 0.15) is 11.6 Å². The summed E-state index contributed by atoms with van der Waals surface area (Å²) in [7, 11) is 0. The van der Waals surface area contributed by atoms with E-state index in [0.717, 1.165) is 12.1 Å². The van der Waals surface area contributed by atoms with Crippen molar-refractivity contribution in [2.45, 2.75) is 24.8 Å². The van der Waals surface area contributed by atoms with Crippen LogP contribution in [-0.4, -0.2) is 36.2 Å². The molecule has 29 heavy (non-hydrogen) atoms. The molecule has 2 amide bonds. The van der Waals surface area contributed by atoms with Crippen molar-refractivity contribution in [2.24, 2.45) is 0 Å². The van der Waals surface area contributed by atoms with Crippen molar-refractivity contribution in [3.8, 4) is 0 Å². The third-order valence-corrected chi connectivity index (χ3v) is 4.53. The molecule has 0 heterocycles. The van der Waals surface area contributed by atoms with Gasteiger partial charge >= 0.3 is 5.97 Å². The summed E-state index contributed by atoms with van der Waals surface area (Å²) in [6.07, 6.45) is 0. The number of anilines is 1. The van der Waals surface area contributed by atoms with Gasteiger partial charge in [-0.2, -0.15) is 0 Å². The fourth-order valence-electron chi connectivity index (χ4n) is 2.25. The van der Waals surface area contributed by atoms with E-state index in [1.165, 1.54) is 17.8 Å². The second-order valence-corrected chi connectivity index (χ2v) is 7.27. The summed E-state index contributed by atoms with van der Waals surface area (Å²) in [5.41, 5.74) is -0.0184. The van der Waals surface area contributed by atoms with Crippen LogP contribution < -0.4 is 10.6 Å². The molecule has 0 aliphatic rings. The van der Waals surface area contributed by atoms with E-state index in [-0.39, 0.29) is 29.0 Å². The molecule has 0 aliphatic carbocycles. The summed E-state index contributed by atoms with van der Waals surface area (Å²) < 4.78 is 31.4. The van der Waals surface area contributed by atoms with Gasteiger partial charge in [0.05, 0.1) is 17.0 Å². The molecule has 154 valence electrons. The zero-order chi connectivity index (χ0) is 21.4. The van der Waals surface area contributed by atoms with Gasteiger partial charge in [0.25, 0.3) is 5.91 Å². The molecule has 0 aromatic heterocycles. The quantitative estimate of drug-likeness (QED) is 0.503. The van der Waals surface area contributed by atoms with E-state index in [2.05, 4.69) is 10.6 Å². The van der Waals surface area contributed by atoms with Gasteiger partial charge in [0, 0.05) is 17.0 Å². The molecule has 0 spiro atoms. The van der Waals surface area contributed by atoms with Crippen molar-refractivity contribution in [2.75, 3.05) is 17.7 Å². The molecule has 0 unspecified atom stereocenters. The number of hydrogen-bond donors (Lipinski definition) is 2. The van der Waals surface area contributed by atoms with Crippen LogP contribution in [0.5, 0.6) is 0 Å². The minimum atomic E-state index is -0.939. The maximum Gasteiger partial charge on any atom is 0.339 e. The lowest BCUT2D eigenvalue weighted by molar-refractivity contribution is -0.119. The molecule has 6 nitrogen and oxygen atoms in total. The Hall–Kier alpha value is -2.94. The van der Waals surface area contributed by atoms with Crippen molar-refractivity contribution in [3.05, 3.63) is 59.7 Å². The molecular weight excluding hydrogens is 402 g/mol. The van der Waals surface area contributed by atoms with Gasteiger partial charge in [-0.05, 0) is 38.1 Å². The number of benzene rings is 2. The zero-order valence-corrected chi connectivity index (χ0v) is 16.6. The summed E-state index contributed by atoms with van der Waals surface area (Å²) in [4.78, 5) is 36.5. The second kappa shape index (κ2) is 10.6. The highest BCUT2D eigenvalue weighted by molar-refractivity contribution is 8.00. The number of halogens is 2. The number of thioether (sulfide) groups is 1. The first-order valence-corrected chi connectivity index (χ1v) is 9.68. The van der Waals surface area contributed by atoms with Crippen LogP contribution in [0.3, 0.4) is 0 Å². The van der Waals surface area contributed by atoms with Crippen LogP contribution in [0.25, 0.3) is 0 Å². The van der Waals surface area contributed by atoms with Crippen LogP contribution in [-0.2, 0) is 14.3 Å². The van der Waals surface area contributed by atoms with Crippen molar-refractivity contribution in [1.29, 1.82) is 0 Å². The molecule has 0 radical (unpaired) electrons. The number of esters is 1. The number of carbonyl (C=O) groups excluding carboxylic acids is 3. The van der Waals surface area contributed by atoms with Crippen molar-refractivity contribution in [1.82, 2.24) is 5.32 Å². The Kier molecular flexibility index (Phi) is 8.14. The van der Waals surface area contributed by atoms with E-state index in [9.17, 15) is 23.2 Å². The predicted octanol–water partition coefficient (Wildman–Crippen LogP) is 3.38. The van der Waals surface area contributed by atoms with Gasteiger partial charge in [-0.3, -0.25) is 9.59 Å². The molecule has 2 aromatic carbocycles. The van der Waals surface area contributed by atoms with Gasteiger partial charge in [-0.1, -0.05) is 12.1 Å². The Morgan fingerprint density at radius 1 is 1.07 bits per heavy atom. The standard InChI is InChI=1S/C20H20F2N2O4S/c1-12(2)23-19(26)11-29-17-6-4-3-5-14(17)20(27)28-10-18(25)24-16-8-7-13(21)9-15(16)22/h3-9,12H,10-11H2,1-2H3,(H,23,26)(H,24,25). The highest BCUT2D eigenvalue weighted by Gasteiger charge is 2.16. The molecular formula is C20H20F2N2O4S. The Balaban J connectivity index is 1.93. The van der Waals surface area contributed by atoms with Gasteiger partial charge < -0.3 is 15.4 Å².